The van der Waals surface area contributed by atoms with Crippen molar-refractivity contribution in [2.75, 3.05) is 20.1 Å². The third-order valence-corrected chi connectivity index (χ3v) is 1.33. The van der Waals surface area contributed by atoms with E-state index in [2.05, 4.69) is 11.9 Å². The SMILES string of the molecule is CN1CCCC1.P. The summed E-state index contributed by atoms with van der Waals surface area (Å²) >= 11 is 0. The molecule has 0 radical (unpaired) electrons. The second-order valence-corrected chi connectivity index (χ2v) is 2.01. The number of hydrogen-bond acceptors (Lipinski definition) is 1. The van der Waals surface area contributed by atoms with E-state index in [4.69, 9.17) is 0 Å². The Morgan fingerprint density at radius 1 is 1.14 bits per heavy atom. The Kier molecular flexibility index (Phi) is 3.59. The lowest BCUT2D eigenvalue weighted by atomic mass is 10.4. The Morgan fingerprint density at radius 3 is 1.71 bits per heavy atom. The van der Waals surface area contributed by atoms with E-state index in [0.717, 1.165) is 0 Å². The van der Waals surface area contributed by atoms with Crippen LogP contribution in [0.25, 0.3) is 0 Å². The van der Waals surface area contributed by atoms with Crippen LogP contribution in [0.4, 0.5) is 0 Å². The summed E-state index contributed by atoms with van der Waals surface area (Å²) in [4.78, 5) is 2.36. The van der Waals surface area contributed by atoms with Crippen LogP contribution >= 0.6 is 9.90 Å². The quantitative estimate of drug-likeness (QED) is 0.426. The average molecular weight is 119 g/mol. The largest absolute Gasteiger partial charge is 0.306 e. The molecule has 0 saturated carbocycles. The minimum Gasteiger partial charge on any atom is -0.306 e. The first-order valence-electron chi connectivity index (χ1n) is 2.58. The normalized spacial score (nSPS) is 21.9. The highest BCUT2D eigenvalue weighted by Crippen LogP contribution is 2.01. The van der Waals surface area contributed by atoms with Gasteiger partial charge < -0.3 is 4.90 Å². The zero-order chi connectivity index (χ0) is 4.41. The van der Waals surface area contributed by atoms with Crippen LogP contribution in [0.15, 0.2) is 0 Å². The smallest absolute Gasteiger partial charge is 0.00213 e. The number of rotatable bonds is 0. The van der Waals surface area contributed by atoms with E-state index in [9.17, 15) is 0 Å². The fourth-order valence-electron chi connectivity index (χ4n) is 0.875. The number of hydrogen-bond donors (Lipinski definition) is 0. The van der Waals surface area contributed by atoms with Crippen molar-refractivity contribution in [2.24, 2.45) is 0 Å². The van der Waals surface area contributed by atoms with Gasteiger partial charge in [0.1, 0.15) is 0 Å². The molecule has 1 fully saturated rings. The van der Waals surface area contributed by atoms with Crippen molar-refractivity contribution in [3.8, 4) is 0 Å². The summed E-state index contributed by atoms with van der Waals surface area (Å²) in [6, 6.07) is 0. The van der Waals surface area contributed by atoms with Gasteiger partial charge in [-0.05, 0) is 33.0 Å². The molecule has 1 nitrogen and oxygen atoms in total. The lowest BCUT2D eigenvalue weighted by Gasteiger charge is -2.01. The molecule has 1 atom stereocenters. The fraction of sp³-hybridized carbons (Fsp3) is 1.00. The molecule has 0 bridgehead atoms. The van der Waals surface area contributed by atoms with Gasteiger partial charge in [0.05, 0.1) is 0 Å². The molecule has 44 valence electrons. The maximum Gasteiger partial charge on any atom is -0.00213 e. The summed E-state index contributed by atoms with van der Waals surface area (Å²) in [5.41, 5.74) is 0. The lowest BCUT2D eigenvalue weighted by Crippen LogP contribution is -2.10. The first-order chi connectivity index (χ1) is 2.89. The molecule has 1 unspecified atom stereocenters. The van der Waals surface area contributed by atoms with Crippen molar-refractivity contribution in [2.45, 2.75) is 12.8 Å². The van der Waals surface area contributed by atoms with Crippen LogP contribution in [0, 0.1) is 0 Å². The molecule has 0 spiro atoms. The minimum absolute atomic E-state index is 0. The van der Waals surface area contributed by atoms with Crippen molar-refractivity contribution in [3.05, 3.63) is 0 Å². The molecular weight excluding hydrogens is 105 g/mol. The van der Waals surface area contributed by atoms with Gasteiger partial charge in [0.25, 0.3) is 0 Å². The molecule has 1 saturated heterocycles. The summed E-state index contributed by atoms with van der Waals surface area (Å²) < 4.78 is 0. The van der Waals surface area contributed by atoms with Crippen molar-refractivity contribution >= 4 is 9.90 Å². The molecular formula is C5H14NP. The Balaban J connectivity index is 0.000000360. The summed E-state index contributed by atoms with van der Waals surface area (Å²) in [5.74, 6) is 0. The molecule has 1 aliphatic heterocycles. The van der Waals surface area contributed by atoms with Crippen LogP contribution in [-0.2, 0) is 0 Å². The maximum absolute atomic E-state index is 2.36. The van der Waals surface area contributed by atoms with E-state index >= 15 is 0 Å². The monoisotopic (exact) mass is 119 g/mol. The Bertz CT molecular complexity index is 41.3. The lowest BCUT2D eigenvalue weighted by molar-refractivity contribution is 0.418. The molecule has 2 heteroatoms. The van der Waals surface area contributed by atoms with Gasteiger partial charge in [-0.25, -0.2) is 0 Å². The topological polar surface area (TPSA) is 3.24 Å². The van der Waals surface area contributed by atoms with E-state index in [1.54, 1.807) is 0 Å². The summed E-state index contributed by atoms with van der Waals surface area (Å²) in [6.45, 7) is 2.64. The van der Waals surface area contributed by atoms with Crippen LogP contribution in [0.3, 0.4) is 0 Å². The standard InChI is InChI=1S/C5H11N.H3P/c1-6-4-2-3-5-6;/h2-5H2,1H3;1H3. The van der Waals surface area contributed by atoms with Gasteiger partial charge in [-0.15, -0.1) is 0 Å². The Morgan fingerprint density at radius 2 is 1.57 bits per heavy atom. The van der Waals surface area contributed by atoms with Gasteiger partial charge in [-0.1, -0.05) is 0 Å². The second kappa shape index (κ2) is 3.40. The van der Waals surface area contributed by atoms with Crippen LogP contribution in [0.5, 0.6) is 0 Å². The predicted octanol–water partition coefficient (Wildman–Crippen LogP) is 0.770. The molecule has 1 aliphatic rings. The van der Waals surface area contributed by atoms with Crippen molar-refractivity contribution in [3.63, 3.8) is 0 Å². The third-order valence-electron chi connectivity index (χ3n) is 1.33. The van der Waals surface area contributed by atoms with Crippen LogP contribution in [0.1, 0.15) is 12.8 Å². The van der Waals surface area contributed by atoms with E-state index in [1.165, 1.54) is 25.9 Å². The van der Waals surface area contributed by atoms with Crippen molar-refractivity contribution < 1.29 is 0 Å². The molecule has 0 amide bonds. The molecule has 1 heterocycles. The maximum atomic E-state index is 2.36. The van der Waals surface area contributed by atoms with Gasteiger partial charge in [0.15, 0.2) is 0 Å². The van der Waals surface area contributed by atoms with E-state index < -0.39 is 0 Å². The van der Waals surface area contributed by atoms with Gasteiger partial charge in [0.2, 0.25) is 0 Å². The summed E-state index contributed by atoms with van der Waals surface area (Å²) in [6.07, 6.45) is 2.83. The molecule has 0 aromatic rings. The molecule has 0 aromatic heterocycles. The average Bonchev–Trinajstić information content (AvgIpc) is 1.86. The van der Waals surface area contributed by atoms with Crippen LogP contribution in [0.2, 0.25) is 0 Å². The number of likely N-dealkylation sites (tertiary alicyclic amines) is 1. The van der Waals surface area contributed by atoms with Crippen molar-refractivity contribution in [1.29, 1.82) is 0 Å². The van der Waals surface area contributed by atoms with E-state index in [1.807, 2.05) is 0 Å². The Labute approximate surface area is 48.7 Å². The van der Waals surface area contributed by atoms with Crippen LogP contribution in [-0.4, -0.2) is 25.0 Å². The van der Waals surface area contributed by atoms with Crippen molar-refractivity contribution in [1.82, 2.24) is 4.90 Å². The highest BCUT2D eigenvalue weighted by molar-refractivity contribution is 6.92. The van der Waals surface area contributed by atoms with E-state index in [0.29, 0.717) is 0 Å². The molecule has 0 N–H and O–H groups in total. The third kappa shape index (κ3) is 2.25. The molecule has 0 aliphatic carbocycles. The number of nitrogens with zero attached hydrogens (tertiary/aromatic N) is 1. The highest BCUT2D eigenvalue weighted by Gasteiger charge is 2.03. The summed E-state index contributed by atoms with van der Waals surface area (Å²) in [5, 5.41) is 0. The Hall–Kier alpha value is 0.390. The zero-order valence-electron chi connectivity index (χ0n) is 4.98. The highest BCUT2D eigenvalue weighted by atomic mass is 31.0. The van der Waals surface area contributed by atoms with E-state index in [-0.39, 0.29) is 9.90 Å². The molecule has 0 aromatic carbocycles. The minimum atomic E-state index is 0. The fourth-order valence-corrected chi connectivity index (χ4v) is 0.875. The summed E-state index contributed by atoms with van der Waals surface area (Å²) in [7, 11) is 2.17. The first kappa shape index (κ1) is 7.39. The van der Waals surface area contributed by atoms with Gasteiger partial charge >= 0.3 is 0 Å². The van der Waals surface area contributed by atoms with Gasteiger partial charge in [0, 0.05) is 0 Å². The second-order valence-electron chi connectivity index (χ2n) is 2.01. The zero-order valence-corrected chi connectivity index (χ0v) is 6.40. The predicted molar refractivity (Wildman–Crippen MR) is 37.8 cm³/mol. The van der Waals surface area contributed by atoms with Gasteiger partial charge in [-0.3, -0.25) is 0 Å². The van der Waals surface area contributed by atoms with Crippen LogP contribution < -0.4 is 0 Å². The first-order valence-corrected chi connectivity index (χ1v) is 2.58. The van der Waals surface area contributed by atoms with Gasteiger partial charge in [-0.2, -0.15) is 9.90 Å². The molecule has 7 heavy (non-hydrogen) atoms. The molecule has 1 rings (SSSR count).